The lowest BCUT2D eigenvalue weighted by Crippen LogP contribution is -2.45. The highest BCUT2D eigenvalue weighted by Crippen LogP contribution is 1.98. The molecule has 0 radical (unpaired) electrons. The molecule has 0 atom stereocenters. The van der Waals surface area contributed by atoms with Crippen LogP contribution in [0.5, 0.6) is 0 Å². The van der Waals surface area contributed by atoms with E-state index in [0.29, 0.717) is 52.0 Å². The van der Waals surface area contributed by atoms with Gasteiger partial charge in [0, 0.05) is 39.0 Å². The minimum atomic E-state index is -0.0880. The first-order valence-electron chi connectivity index (χ1n) is 7.02. The molecule has 1 fully saturated rings. The maximum Gasteiger partial charge on any atom is 0.248 e. The third-order valence-corrected chi connectivity index (χ3v) is 2.97. The lowest BCUT2D eigenvalue weighted by molar-refractivity contribution is -0.142. The molecule has 1 saturated heterocycles. The molecule has 0 bridgehead atoms. The lowest BCUT2D eigenvalue weighted by atomic mass is 10.2. The summed E-state index contributed by atoms with van der Waals surface area (Å²) >= 11 is 0. The van der Waals surface area contributed by atoms with Crippen LogP contribution in [0.15, 0.2) is 0 Å². The summed E-state index contributed by atoms with van der Waals surface area (Å²) in [5.74, 6) is -0.157. The molecule has 1 aliphatic heterocycles. The number of amides is 3. The van der Waals surface area contributed by atoms with Crippen LogP contribution in [-0.2, 0) is 19.1 Å². The highest BCUT2D eigenvalue weighted by Gasteiger charge is 2.17. The number of nitrogens with one attached hydrogen (secondary N) is 2. The topological polar surface area (TPSA) is 87.7 Å². The average Bonchev–Trinajstić information content (AvgIpc) is 2.41. The molecule has 0 saturated carbocycles. The van der Waals surface area contributed by atoms with Gasteiger partial charge in [0.15, 0.2) is 0 Å². The number of hydrogen-bond acceptors (Lipinski definition) is 4. The molecule has 0 aromatic carbocycles. The highest BCUT2D eigenvalue weighted by molar-refractivity contribution is 5.79. The van der Waals surface area contributed by atoms with Crippen molar-refractivity contribution in [2.24, 2.45) is 0 Å². The van der Waals surface area contributed by atoms with Crippen LogP contribution in [0.4, 0.5) is 0 Å². The summed E-state index contributed by atoms with van der Waals surface area (Å²) in [6, 6.07) is 0. The molecule has 1 rings (SSSR count). The van der Waals surface area contributed by atoms with E-state index in [-0.39, 0.29) is 24.3 Å². The molecule has 0 spiro atoms. The molecular formula is C13H23N3O4. The Balaban J connectivity index is 2.05. The monoisotopic (exact) mass is 285 g/mol. The summed E-state index contributed by atoms with van der Waals surface area (Å²) in [6.07, 6.45) is 1.23. The minimum absolute atomic E-state index is 0.0285. The maximum atomic E-state index is 11.5. The van der Waals surface area contributed by atoms with Gasteiger partial charge in [0.2, 0.25) is 17.7 Å². The van der Waals surface area contributed by atoms with E-state index in [0.717, 1.165) is 0 Å². The third-order valence-electron chi connectivity index (χ3n) is 2.97. The van der Waals surface area contributed by atoms with Crippen molar-refractivity contribution in [3.05, 3.63) is 0 Å². The van der Waals surface area contributed by atoms with Gasteiger partial charge in [-0.3, -0.25) is 14.4 Å². The number of carbonyl (C=O) groups excluding carboxylic acids is 3. The number of ether oxygens (including phenoxy) is 1. The smallest absolute Gasteiger partial charge is 0.248 e. The summed E-state index contributed by atoms with van der Waals surface area (Å²) in [6.45, 7) is 4.66. The van der Waals surface area contributed by atoms with Gasteiger partial charge in [-0.05, 0) is 13.3 Å². The van der Waals surface area contributed by atoms with Crippen molar-refractivity contribution < 1.29 is 19.1 Å². The van der Waals surface area contributed by atoms with Crippen molar-refractivity contribution in [1.82, 2.24) is 15.5 Å². The number of hydrogen-bond donors (Lipinski definition) is 2. The van der Waals surface area contributed by atoms with E-state index in [4.69, 9.17) is 4.74 Å². The number of rotatable bonds is 8. The number of morpholine rings is 1. The van der Waals surface area contributed by atoms with Crippen LogP contribution in [0.25, 0.3) is 0 Å². The molecule has 20 heavy (non-hydrogen) atoms. The normalized spacial score (nSPS) is 15.1. The first-order chi connectivity index (χ1) is 9.63. The minimum Gasteiger partial charge on any atom is -0.370 e. The van der Waals surface area contributed by atoms with E-state index in [9.17, 15) is 14.4 Å². The average molecular weight is 285 g/mol. The fourth-order valence-electron chi connectivity index (χ4n) is 1.90. The Kier molecular flexibility index (Phi) is 7.64. The fraction of sp³-hybridized carbons (Fsp3) is 0.769. The van der Waals surface area contributed by atoms with Gasteiger partial charge < -0.3 is 20.3 Å². The zero-order valence-electron chi connectivity index (χ0n) is 11.9. The Morgan fingerprint density at radius 2 is 1.95 bits per heavy atom. The van der Waals surface area contributed by atoms with Crippen LogP contribution in [0.2, 0.25) is 0 Å². The van der Waals surface area contributed by atoms with Crippen molar-refractivity contribution in [3.8, 4) is 0 Å². The predicted molar refractivity (Wildman–Crippen MR) is 72.9 cm³/mol. The van der Waals surface area contributed by atoms with E-state index in [2.05, 4.69) is 10.6 Å². The summed E-state index contributed by atoms with van der Waals surface area (Å²) < 4.78 is 5.02. The van der Waals surface area contributed by atoms with E-state index in [1.54, 1.807) is 4.90 Å². The van der Waals surface area contributed by atoms with Crippen LogP contribution >= 0.6 is 0 Å². The molecule has 1 heterocycles. The first kappa shape index (κ1) is 16.4. The van der Waals surface area contributed by atoms with E-state index in [1.165, 1.54) is 0 Å². The summed E-state index contributed by atoms with van der Waals surface area (Å²) in [7, 11) is 0. The Labute approximate surface area is 119 Å². The Bertz CT molecular complexity index is 347. The van der Waals surface area contributed by atoms with Crippen molar-refractivity contribution in [2.45, 2.75) is 26.2 Å². The highest BCUT2D eigenvalue weighted by atomic mass is 16.5. The van der Waals surface area contributed by atoms with Gasteiger partial charge in [-0.1, -0.05) is 0 Å². The second-order valence-corrected chi connectivity index (χ2v) is 4.59. The molecule has 0 unspecified atom stereocenters. The van der Waals surface area contributed by atoms with Crippen LogP contribution in [0.3, 0.4) is 0 Å². The first-order valence-corrected chi connectivity index (χ1v) is 7.02. The second-order valence-electron chi connectivity index (χ2n) is 4.59. The largest absolute Gasteiger partial charge is 0.370 e. The van der Waals surface area contributed by atoms with Gasteiger partial charge in [0.05, 0.1) is 6.61 Å². The Morgan fingerprint density at radius 3 is 2.60 bits per heavy atom. The lowest BCUT2D eigenvalue weighted by Gasteiger charge is -2.26. The van der Waals surface area contributed by atoms with Crippen LogP contribution in [0.1, 0.15) is 26.2 Å². The van der Waals surface area contributed by atoms with Crippen molar-refractivity contribution in [1.29, 1.82) is 0 Å². The van der Waals surface area contributed by atoms with Gasteiger partial charge >= 0.3 is 0 Å². The molecule has 1 aliphatic rings. The zero-order chi connectivity index (χ0) is 14.8. The predicted octanol–water partition coefficient (Wildman–Crippen LogP) is -0.732. The molecule has 0 aromatic rings. The molecule has 7 heteroatoms. The standard InChI is InChI=1S/C13H23N3O4/c1-2-14-11(17)4-3-5-12(18)15-6-7-16-8-9-20-10-13(16)19/h2-10H2,1H3,(H,14,17)(H,15,18). The molecular weight excluding hydrogens is 262 g/mol. The maximum absolute atomic E-state index is 11.5. The van der Waals surface area contributed by atoms with Crippen molar-refractivity contribution in [2.75, 3.05) is 39.4 Å². The molecule has 114 valence electrons. The van der Waals surface area contributed by atoms with Crippen LogP contribution in [-0.4, -0.2) is 62.0 Å². The van der Waals surface area contributed by atoms with E-state index in [1.807, 2.05) is 6.92 Å². The number of carbonyl (C=O) groups is 3. The SMILES string of the molecule is CCNC(=O)CCCC(=O)NCCN1CCOCC1=O. The third kappa shape index (κ3) is 6.51. The van der Waals surface area contributed by atoms with Gasteiger partial charge in [0.1, 0.15) is 6.61 Å². The van der Waals surface area contributed by atoms with Gasteiger partial charge in [-0.2, -0.15) is 0 Å². The summed E-state index contributed by atoms with van der Waals surface area (Å²) in [4.78, 5) is 35.8. The van der Waals surface area contributed by atoms with Gasteiger partial charge in [0.25, 0.3) is 0 Å². The summed E-state index contributed by atoms with van der Waals surface area (Å²) in [5.41, 5.74) is 0. The Morgan fingerprint density at radius 1 is 1.25 bits per heavy atom. The molecule has 7 nitrogen and oxygen atoms in total. The van der Waals surface area contributed by atoms with Crippen LogP contribution < -0.4 is 10.6 Å². The number of nitrogens with zero attached hydrogens (tertiary/aromatic N) is 1. The van der Waals surface area contributed by atoms with E-state index >= 15 is 0 Å². The van der Waals surface area contributed by atoms with Crippen LogP contribution in [0, 0.1) is 0 Å². The molecule has 0 aromatic heterocycles. The van der Waals surface area contributed by atoms with Gasteiger partial charge in [-0.15, -0.1) is 0 Å². The quantitative estimate of drug-likeness (QED) is 0.615. The summed E-state index contributed by atoms with van der Waals surface area (Å²) in [5, 5.41) is 5.43. The Hall–Kier alpha value is -1.63. The molecule has 2 N–H and O–H groups in total. The van der Waals surface area contributed by atoms with Gasteiger partial charge in [-0.25, -0.2) is 0 Å². The van der Waals surface area contributed by atoms with Crippen molar-refractivity contribution >= 4 is 17.7 Å². The fourth-order valence-corrected chi connectivity index (χ4v) is 1.90. The van der Waals surface area contributed by atoms with Crippen molar-refractivity contribution in [3.63, 3.8) is 0 Å². The second kappa shape index (κ2) is 9.30. The molecule has 0 aliphatic carbocycles. The molecule has 3 amide bonds. The zero-order valence-corrected chi connectivity index (χ0v) is 11.9. The van der Waals surface area contributed by atoms with E-state index < -0.39 is 0 Å².